The number of fused-ring (bicyclic) bond motifs is 1. The number of aliphatic carboxylic acids is 1. The quantitative estimate of drug-likeness (QED) is 0.723. The lowest BCUT2D eigenvalue weighted by Gasteiger charge is -2.33. The molecule has 0 radical (unpaired) electrons. The summed E-state index contributed by atoms with van der Waals surface area (Å²) in [5, 5.41) is 9.01. The minimum atomic E-state index is -1.11. The predicted octanol–water partition coefficient (Wildman–Crippen LogP) is 0.0661. The van der Waals surface area contributed by atoms with Crippen LogP contribution < -0.4 is 0 Å². The van der Waals surface area contributed by atoms with Crippen molar-refractivity contribution < 1.29 is 19.5 Å². The van der Waals surface area contributed by atoms with Gasteiger partial charge in [-0.2, -0.15) is 0 Å². The molecule has 0 unspecified atom stereocenters. The molecule has 0 aliphatic carbocycles. The Hall–Kier alpha value is -1.50. The Kier molecular flexibility index (Phi) is 2.86. The van der Waals surface area contributed by atoms with Gasteiger partial charge in [-0.3, -0.25) is 14.5 Å². The molecule has 1 saturated heterocycles. The maximum absolute atomic E-state index is 11.3. The molecule has 2 amide bonds. The van der Waals surface area contributed by atoms with E-state index in [1.807, 2.05) is 0 Å². The number of carboxylic acids is 1. The van der Waals surface area contributed by atoms with Crippen LogP contribution in [0.1, 0.15) is 13.3 Å². The molecule has 1 N–H and O–H groups in total. The summed E-state index contributed by atoms with van der Waals surface area (Å²) in [6, 6.07) is 0. The van der Waals surface area contributed by atoms with Gasteiger partial charge in [0.25, 0.3) is 0 Å². The largest absolute Gasteiger partial charge is 0.477 e. The normalized spacial score (nSPS) is 22.4. The Morgan fingerprint density at radius 1 is 1.59 bits per heavy atom. The number of rotatable bonds is 3. The van der Waals surface area contributed by atoms with Gasteiger partial charge in [-0.15, -0.1) is 11.8 Å². The van der Waals surface area contributed by atoms with Crippen molar-refractivity contribution in [1.82, 2.24) is 9.80 Å². The molecular formula is C10H12N2O4S. The lowest BCUT2D eigenvalue weighted by molar-refractivity contribution is -0.145. The SMILES string of the molecule is CC(=O)N(C)CC1=C(C(=O)O)N2C(=O)C[C@H]2S1. The van der Waals surface area contributed by atoms with Crippen LogP contribution >= 0.6 is 11.8 Å². The zero-order chi connectivity index (χ0) is 12.7. The average Bonchev–Trinajstić information content (AvgIpc) is 2.51. The van der Waals surface area contributed by atoms with Gasteiger partial charge in [-0.05, 0) is 0 Å². The number of hydrogen-bond acceptors (Lipinski definition) is 4. The molecule has 92 valence electrons. The lowest BCUT2D eigenvalue weighted by Crippen LogP contribution is -2.48. The Labute approximate surface area is 102 Å². The van der Waals surface area contributed by atoms with Gasteiger partial charge in [0, 0.05) is 18.9 Å². The molecule has 1 fully saturated rings. The third kappa shape index (κ3) is 1.90. The molecule has 6 nitrogen and oxygen atoms in total. The number of β-lactam (4-membered cyclic amide) rings is 1. The van der Waals surface area contributed by atoms with Crippen LogP contribution in [0, 0.1) is 0 Å². The molecular weight excluding hydrogens is 244 g/mol. The molecule has 2 heterocycles. The van der Waals surface area contributed by atoms with E-state index >= 15 is 0 Å². The number of likely N-dealkylation sites (N-methyl/N-ethyl adjacent to an activating group) is 1. The van der Waals surface area contributed by atoms with E-state index in [1.54, 1.807) is 7.05 Å². The standard InChI is InChI=1S/C10H12N2O4S/c1-5(13)11(2)4-6-9(10(15)16)12-7(14)3-8(12)17-6/h8H,3-4H2,1-2H3,(H,15,16)/t8-/m1/s1. The van der Waals surface area contributed by atoms with E-state index in [0.29, 0.717) is 11.3 Å². The van der Waals surface area contributed by atoms with Crippen LogP contribution in [0.3, 0.4) is 0 Å². The number of thioether (sulfide) groups is 1. The molecule has 0 aromatic rings. The third-order valence-corrected chi connectivity index (χ3v) is 4.07. The first-order valence-electron chi connectivity index (χ1n) is 5.08. The van der Waals surface area contributed by atoms with Crippen LogP contribution in [0.15, 0.2) is 10.6 Å². The number of hydrogen-bond donors (Lipinski definition) is 1. The summed E-state index contributed by atoms with van der Waals surface area (Å²) in [5.74, 6) is -1.41. The van der Waals surface area contributed by atoms with Gasteiger partial charge in [-0.1, -0.05) is 0 Å². The summed E-state index contributed by atoms with van der Waals surface area (Å²) in [6.45, 7) is 1.66. The van der Waals surface area contributed by atoms with Crippen molar-refractivity contribution in [3.8, 4) is 0 Å². The van der Waals surface area contributed by atoms with Crippen molar-refractivity contribution in [1.29, 1.82) is 0 Å². The molecule has 0 spiro atoms. The van der Waals surface area contributed by atoms with E-state index in [-0.39, 0.29) is 29.4 Å². The van der Waals surface area contributed by atoms with E-state index in [9.17, 15) is 14.4 Å². The van der Waals surface area contributed by atoms with Crippen molar-refractivity contribution in [3.05, 3.63) is 10.6 Å². The first-order chi connectivity index (χ1) is 7.91. The third-order valence-electron chi connectivity index (χ3n) is 2.81. The molecule has 0 saturated carbocycles. The van der Waals surface area contributed by atoms with E-state index in [1.165, 1.54) is 28.5 Å². The van der Waals surface area contributed by atoms with E-state index in [0.717, 1.165) is 0 Å². The summed E-state index contributed by atoms with van der Waals surface area (Å²) >= 11 is 1.36. The second-order valence-electron chi connectivity index (χ2n) is 3.99. The summed E-state index contributed by atoms with van der Waals surface area (Å²) in [7, 11) is 1.60. The molecule has 1 atom stereocenters. The average molecular weight is 256 g/mol. The molecule has 0 aromatic heterocycles. The van der Waals surface area contributed by atoms with Gasteiger partial charge >= 0.3 is 5.97 Å². The summed E-state index contributed by atoms with van der Waals surface area (Å²) < 4.78 is 0. The Morgan fingerprint density at radius 3 is 2.71 bits per heavy atom. The molecule has 2 aliphatic rings. The van der Waals surface area contributed by atoms with Crippen LogP contribution in [0.5, 0.6) is 0 Å². The van der Waals surface area contributed by atoms with Crippen molar-refractivity contribution in [2.24, 2.45) is 0 Å². The summed E-state index contributed by atoms with van der Waals surface area (Å²) in [5.41, 5.74) is 0.0318. The van der Waals surface area contributed by atoms with Crippen molar-refractivity contribution in [2.45, 2.75) is 18.7 Å². The Morgan fingerprint density at radius 2 is 2.24 bits per heavy atom. The number of nitrogens with zero attached hydrogens (tertiary/aromatic N) is 2. The molecule has 17 heavy (non-hydrogen) atoms. The number of carboxylic acid groups (broad SMARTS) is 1. The van der Waals surface area contributed by atoms with Gasteiger partial charge in [0.15, 0.2) is 0 Å². The fourth-order valence-corrected chi connectivity index (χ4v) is 3.21. The van der Waals surface area contributed by atoms with Gasteiger partial charge < -0.3 is 10.0 Å². The van der Waals surface area contributed by atoms with Crippen molar-refractivity contribution in [2.75, 3.05) is 13.6 Å². The molecule has 2 aliphatic heterocycles. The zero-order valence-electron chi connectivity index (χ0n) is 9.47. The zero-order valence-corrected chi connectivity index (χ0v) is 10.3. The molecule has 2 rings (SSSR count). The molecule has 0 bridgehead atoms. The predicted molar refractivity (Wildman–Crippen MR) is 60.8 cm³/mol. The van der Waals surface area contributed by atoms with E-state index < -0.39 is 5.97 Å². The topological polar surface area (TPSA) is 77.9 Å². The van der Waals surface area contributed by atoms with Gasteiger partial charge in [-0.25, -0.2) is 4.79 Å². The molecule has 7 heteroatoms. The fourth-order valence-electron chi connectivity index (χ4n) is 1.77. The first kappa shape index (κ1) is 12.0. The Balaban J connectivity index is 2.23. The highest BCUT2D eigenvalue weighted by atomic mass is 32.2. The number of carbonyl (C=O) groups excluding carboxylic acids is 2. The number of carbonyl (C=O) groups is 3. The van der Waals surface area contributed by atoms with Gasteiger partial charge in [0.05, 0.1) is 18.3 Å². The highest BCUT2D eigenvalue weighted by molar-refractivity contribution is 8.04. The summed E-state index contributed by atoms with van der Waals surface area (Å²) in [6.07, 6.45) is 0.370. The Bertz CT molecular complexity index is 446. The summed E-state index contributed by atoms with van der Waals surface area (Å²) in [4.78, 5) is 36.9. The van der Waals surface area contributed by atoms with Crippen LogP contribution in [0.4, 0.5) is 0 Å². The smallest absolute Gasteiger partial charge is 0.353 e. The highest BCUT2D eigenvalue weighted by Gasteiger charge is 2.48. The van der Waals surface area contributed by atoms with Gasteiger partial charge in [0.2, 0.25) is 11.8 Å². The fraction of sp³-hybridized carbons (Fsp3) is 0.500. The minimum absolute atomic E-state index is 0.0318. The van der Waals surface area contributed by atoms with Crippen LogP contribution in [-0.4, -0.2) is 51.7 Å². The van der Waals surface area contributed by atoms with Crippen molar-refractivity contribution in [3.63, 3.8) is 0 Å². The van der Waals surface area contributed by atoms with Crippen LogP contribution in [0.25, 0.3) is 0 Å². The maximum atomic E-state index is 11.3. The highest BCUT2D eigenvalue weighted by Crippen LogP contribution is 2.46. The lowest BCUT2D eigenvalue weighted by atomic mass is 10.1. The van der Waals surface area contributed by atoms with Crippen LogP contribution in [0.2, 0.25) is 0 Å². The second kappa shape index (κ2) is 4.06. The number of amides is 2. The first-order valence-corrected chi connectivity index (χ1v) is 5.96. The van der Waals surface area contributed by atoms with Gasteiger partial charge in [0.1, 0.15) is 5.70 Å². The van der Waals surface area contributed by atoms with E-state index in [4.69, 9.17) is 5.11 Å². The monoisotopic (exact) mass is 256 g/mol. The van der Waals surface area contributed by atoms with E-state index in [2.05, 4.69) is 0 Å². The second-order valence-corrected chi connectivity index (χ2v) is 5.27. The minimum Gasteiger partial charge on any atom is -0.477 e. The van der Waals surface area contributed by atoms with Crippen LogP contribution in [-0.2, 0) is 14.4 Å². The molecule has 0 aromatic carbocycles. The van der Waals surface area contributed by atoms with Crippen molar-refractivity contribution >= 4 is 29.5 Å². The maximum Gasteiger partial charge on any atom is 0.353 e.